The third-order valence-corrected chi connectivity index (χ3v) is 8.94. The van der Waals surface area contributed by atoms with Crippen molar-refractivity contribution in [1.82, 2.24) is 20.1 Å². The van der Waals surface area contributed by atoms with Gasteiger partial charge >= 0.3 is 5.97 Å². The molecular formula is C22H30N6O6S2. The average molecular weight is 539 g/mol. The monoisotopic (exact) mass is 538 g/mol. The van der Waals surface area contributed by atoms with E-state index in [0.29, 0.717) is 25.7 Å². The lowest BCUT2D eigenvalue weighted by Crippen LogP contribution is -2.71. The Morgan fingerprint density at radius 2 is 1.94 bits per heavy atom. The molecule has 1 saturated carbocycles. The highest BCUT2D eigenvalue weighted by Gasteiger charge is 2.64. The number of nitrogen functional groups attached to an aromatic ring is 1. The smallest absolute Gasteiger partial charge is 0.327 e. The summed E-state index contributed by atoms with van der Waals surface area (Å²) in [7, 11) is 3.47. The van der Waals surface area contributed by atoms with Crippen molar-refractivity contribution in [2.45, 2.75) is 67.8 Å². The normalized spacial score (nSPS) is 29.2. The predicted octanol–water partition coefficient (Wildman–Crippen LogP) is 0.725. The SMILES string of the molecule is CN(C)C(=O)C1CCC(O/N=C(\C(=O)N[C@H]2C(=O)N3[C@@H]2SC(C)(C)[C@@H]3C(=O)O)c2csc(N)n2)CC1. The number of carbonyl (C=O) groups excluding carboxylic acids is 3. The van der Waals surface area contributed by atoms with E-state index in [1.165, 1.54) is 16.7 Å². The summed E-state index contributed by atoms with van der Waals surface area (Å²) in [5.74, 6) is -2.16. The number of β-lactam (4-membered cyclic amide) rings is 1. The number of carboxylic acid groups (broad SMARTS) is 1. The molecule has 12 nitrogen and oxygen atoms in total. The molecule has 3 atom stereocenters. The van der Waals surface area contributed by atoms with Crippen LogP contribution >= 0.6 is 23.1 Å². The van der Waals surface area contributed by atoms with Gasteiger partial charge in [-0.05, 0) is 39.5 Å². The van der Waals surface area contributed by atoms with E-state index in [1.54, 1.807) is 38.2 Å². The number of rotatable bonds is 7. The van der Waals surface area contributed by atoms with Crippen LogP contribution in [0.25, 0.3) is 0 Å². The van der Waals surface area contributed by atoms with Gasteiger partial charge in [0.15, 0.2) is 10.8 Å². The van der Waals surface area contributed by atoms with Crippen LogP contribution in [-0.2, 0) is 24.0 Å². The summed E-state index contributed by atoms with van der Waals surface area (Å²) >= 11 is 2.47. The molecule has 3 amide bonds. The van der Waals surface area contributed by atoms with Gasteiger partial charge in [-0.1, -0.05) is 5.16 Å². The lowest BCUT2D eigenvalue weighted by atomic mass is 9.86. The van der Waals surface area contributed by atoms with Crippen molar-refractivity contribution in [2.24, 2.45) is 11.1 Å². The summed E-state index contributed by atoms with van der Waals surface area (Å²) in [4.78, 5) is 62.7. The number of thioether (sulfide) groups is 1. The van der Waals surface area contributed by atoms with Gasteiger partial charge in [-0.2, -0.15) is 0 Å². The van der Waals surface area contributed by atoms with Gasteiger partial charge in [0.1, 0.15) is 29.3 Å². The Balaban J connectivity index is 1.45. The van der Waals surface area contributed by atoms with Crippen LogP contribution in [0.15, 0.2) is 10.5 Å². The van der Waals surface area contributed by atoms with Crippen LogP contribution in [0.3, 0.4) is 0 Å². The number of anilines is 1. The zero-order valence-corrected chi connectivity index (χ0v) is 22.1. The summed E-state index contributed by atoms with van der Waals surface area (Å²) in [6.07, 6.45) is 2.28. The second kappa shape index (κ2) is 9.88. The predicted molar refractivity (Wildman–Crippen MR) is 134 cm³/mol. The summed E-state index contributed by atoms with van der Waals surface area (Å²) < 4.78 is -0.707. The van der Waals surface area contributed by atoms with E-state index < -0.39 is 40.0 Å². The van der Waals surface area contributed by atoms with Crippen LogP contribution < -0.4 is 11.1 Å². The number of fused-ring (bicyclic) bond motifs is 1. The van der Waals surface area contributed by atoms with E-state index in [1.807, 2.05) is 0 Å². The van der Waals surface area contributed by atoms with Crippen molar-refractivity contribution in [3.05, 3.63) is 11.1 Å². The number of nitrogens with two attached hydrogens (primary N) is 1. The molecular weight excluding hydrogens is 508 g/mol. The first kappa shape index (κ1) is 26.2. The van der Waals surface area contributed by atoms with Crippen LogP contribution in [0, 0.1) is 5.92 Å². The van der Waals surface area contributed by atoms with Crippen LogP contribution in [0.2, 0.25) is 0 Å². The minimum absolute atomic E-state index is 0.0553. The highest BCUT2D eigenvalue weighted by Crippen LogP contribution is 2.50. The van der Waals surface area contributed by atoms with Gasteiger partial charge in [0.05, 0.1) is 0 Å². The zero-order valence-electron chi connectivity index (χ0n) is 20.5. The maximum Gasteiger partial charge on any atom is 0.327 e. The van der Waals surface area contributed by atoms with Crippen molar-refractivity contribution in [2.75, 3.05) is 19.8 Å². The number of nitrogens with one attached hydrogen (secondary N) is 1. The number of nitrogens with zero attached hydrogens (tertiary/aromatic N) is 4. The number of carbonyl (C=O) groups is 4. The Morgan fingerprint density at radius 1 is 1.28 bits per heavy atom. The molecule has 2 aliphatic heterocycles. The molecule has 4 N–H and O–H groups in total. The second-order valence-corrected chi connectivity index (χ2v) is 12.5. The topological polar surface area (TPSA) is 168 Å². The fourth-order valence-corrected chi connectivity index (χ4v) is 7.04. The van der Waals surface area contributed by atoms with Gasteiger partial charge in [0, 0.05) is 30.1 Å². The minimum atomic E-state index is -1.08. The third kappa shape index (κ3) is 4.88. The van der Waals surface area contributed by atoms with Gasteiger partial charge in [0.2, 0.25) is 11.8 Å². The molecule has 1 aliphatic carbocycles. The largest absolute Gasteiger partial charge is 0.480 e. The van der Waals surface area contributed by atoms with Gasteiger partial charge < -0.3 is 30.8 Å². The number of carboxylic acids is 1. The molecule has 196 valence electrons. The first-order valence-electron chi connectivity index (χ1n) is 11.6. The van der Waals surface area contributed by atoms with E-state index in [-0.39, 0.29) is 34.5 Å². The van der Waals surface area contributed by atoms with E-state index in [4.69, 9.17) is 10.6 Å². The Bertz CT molecular complexity index is 1100. The lowest BCUT2D eigenvalue weighted by molar-refractivity contribution is -0.160. The molecule has 0 aromatic carbocycles. The summed E-state index contributed by atoms with van der Waals surface area (Å²) in [6.45, 7) is 3.53. The lowest BCUT2D eigenvalue weighted by Gasteiger charge is -2.43. The average Bonchev–Trinajstić information content (AvgIpc) is 3.35. The van der Waals surface area contributed by atoms with Crippen LogP contribution in [0.1, 0.15) is 45.2 Å². The molecule has 3 aliphatic rings. The quantitative estimate of drug-likeness (QED) is 0.257. The summed E-state index contributed by atoms with van der Waals surface area (Å²) in [5.41, 5.74) is 5.86. The van der Waals surface area contributed by atoms with Crippen molar-refractivity contribution < 1.29 is 29.1 Å². The van der Waals surface area contributed by atoms with Gasteiger partial charge in [-0.25, -0.2) is 9.78 Å². The fourth-order valence-electron chi connectivity index (χ4n) is 4.86. The van der Waals surface area contributed by atoms with E-state index in [0.717, 1.165) is 11.3 Å². The molecule has 0 unspecified atom stereocenters. The number of thiazole rings is 1. The zero-order chi connectivity index (χ0) is 26.4. The van der Waals surface area contributed by atoms with Crippen molar-refractivity contribution in [1.29, 1.82) is 0 Å². The number of hydrogen-bond acceptors (Lipinski definition) is 10. The number of hydrogen-bond donors (Lipinski definition) is 3. The van der Waals surface area contributed by atoms with Gasteiger partial charge in [0.25, 0.3) is 5.91 Å². The molecule has 36 heavy (non-hydrogen) atoms. The Hall–Kier alpha value is -2.87. The first-order valence-corrected chi connectivity index (χ1v) is 13.4. The molecule has 3 heterocycles. The Morgan fingerprint density at radius 3 is 2.50 bits per heavy atom. The number of aromatic nitrogens is 1. The van der Waals surface area contributed by atoms with Crippen molar-refractivity contribution in [3.8, 4) is 0 Å². The molecule has 1 aromatic heterocycles. The van der Waals surface area contributed by atoms with Crippen LogP contribution in [-0.4, -0.2) is 91.7 Å². The van der Waals surface area contributed by atoms with Crippen LogP contribution in [0.5, 0.6) is 0 Å². The maximum atomic E-state index is 13.2. The van der Waals surface area contributed by atoms with E-state index >= 15 is 0 Å². The molecule has 4 rings (SSSR count). The van der Waals surface area contributed by atoms with Crippen LogP contribution in [0.4, 0.5) is 5.13 Å². The summed E-state index contributed by atoms with van der Waals surface area (Å²) in [5, 5.41) is 17.7. The third-order valence-electron chi connectivity index (χ3n) is 6.70. The first-order chi connectivity index (χ1) is 16.9. The van der Waals surface area contributed by atoms with Gasteiger partial charge in [-0.15, -0.1) is 23.1 Å². The fraction of sp³-hybridized carbons (Fsp3) is 0.636. The van der Waals surface area contributed by atoms with E-state index in [9.17, 15) is 24.3 Å². The molecule has 0 bridgehead atoms. The molecule has 2 saturated heterocycles. The van der Waals surface area contributed by atoms with Crippen molar-refractivity contribution in [3.63, 3.8) is 0 Å². The highest BCUT2D eigenvalue weighted by atomic mass is 32.2. The van der Waals surface area contributed by atoms with Crippen molar-refractivity contribution >= 4 is 57.6 Å². The molecule has 1 aromatic rings. The summed E-state index contributed by atoms with van der Waals surface area (Å²) in [6, 6.07) is -1.86. The van der Waals surface area contributed by atoms with Gasteiger partial charge in [-0.3, -0.25) is 14.4 Å². The number of aliphatic carboxylic acids is 1. The maximum absolute atomic E-state index is 13.2. The second-order valence-electron chi connectivity index (χ2n) is 9.87. The number of amides is 3. The molecule has 14 heteroatoms. The Kier molecular flexibility index (Phi) is 7.19. The minimum Gasteiger partial charge on any atom is -0.480 e. The number of oxime groups is 1. The molecule has 0 spiro atoms. The molecule has 3 fully saturated rings. The highest BCUT2D eigenvalue weighted by molar-refractivity contribution is 8.01. The molecule has 0 radical (unpaired) electrons. The standard InChI is InChI=1S/C22H30N6O6S2/c1-22(2)15(20(32)33)28-18(31)14(19(28)36-22)25-16(29)13(12-9-35-21(23)24-12)26-34-11-7-5-10(6-8-11)17(30)27(3)4/h9-11,14-15,19H,5-8H2,1-4H3,(H2,23,24)(H,25,29)(H,32,33)/b26-13-/t10?,11?,14-,15-,19+/m0/s1. The van der Waals surface area contributed by atoms with E-state index in [2.05, 4.69) is 15.5 Å². The Labute approximate surface area is 216 Å².